The molecule has 0 spiro atoms. The zero-order valence-electron chi connectivity index (χ0n) is 10.1. The van der Waals surface area contributed by atoms with Crippen LogP contribution in [0.2, 0.25) is 0 Å². The van der Waals surface area contributed by atoms with Crippen LogP contribution in [0.25, 0.3) is 0 Å². The summed E-state index contributed by atoms with van der Waals surface area (Å²) in [6.07, 6.45) is 0. The van der Waals surface area contributed by atoms with Gasteiger partial charge in [0.05, 0.1) is 0 Å². The highest BCUT2D eigenvalue weighted by Crippen LogP contribution is 2.20. The van der Waals surface area contributed by atoms with Crippen molar-refractivity contribution in [3.63, 3.8) is 0 Å². The van der Waals surface area contributed by atoms with E-state index in [4.69, 9.17) is 17.7 Å². The molecule has 0 aromatic heterocycles. The van der Waals surface area contributed by atoms with Crippen molar-refractivity contribution in [3.05, 3.63) is 33.9 Å². The predicted octanol–water partition coefficient (Wildman–Crippen LogP) is -1.40. The third kappa shape index (κ3) is 9.13. The third-order valence-corrected chi connectivity index (χ3v) is 4.02. The standard InChI is InChI=1S/C10H10IO.CHF3O3S/c1-12-9-5-8-11-10-6-3-2-4-7-10;2-1(3,4)8(5,6)7/h2-4,6-7H,9H2,1H3;(H,5,6,7)/q+1;/p-1. The lowest BCUT2D eigenvalue weighted by atomic mass is 10.4. The van der Waals surface area contributed by atoms with E-state index in [0.717, 1.165) is 0 Å². The maximum absolute atomic E-state index is 10.7. The minimum absolute atomic E-state index is 0.127. The van der Waals surface area contributed by atoms with Gasteiger partial charge in [-0.15, -0.1) is 0 Å². The highest BCUT2D eigenvalue weighted by molar-refractivity contribution is 7.86. The van der Waals surface area contributed by atoms with E-state index < -0.39 is 15.6 Å². The molecule has 0 bridgehead atoms. The van der Waals surface area contributed by atoms with Crippen LogP contribution in [-0.4, -0.2) is 32.2 Å². The first-order valence-corrected chi connectivity index (χ1v) is 8.43. The van der Waals surface area contributed by atoms with Gasteiger partial charge in [-0.1, -0.05) is 18.2 Å². The minimum Gasteiger partial charge on any atom is -0.741 e. The van der Waals surface area contributed by atoms with Crippen LogP contribution >= 0.6 is 0 Å². The number of hydrogen-bond acceptors (Lipinski definition) is 4. The first-order chi connectivity index (χ1) is 9.18. The van der Waals surface area contributed by atoms with Gasteiger partial charge in [-0.2, -0.15) is 13.2 Å². The Morgan fingerprint density at radius 1 is 1.30 bits per heavy atom. The second kappa shape index (κ2) is 9.17. The molecular formula is C11H10F3IO4S. The summed E-state index contributed by atoms with van der Waals surface area (Å²) in [5, 5.41) is 0. The zero-order valence-corrected chi connectivity index (χ0v) is 13.1. The van der Waals surface area contributed by atoms with E-state index in [9.17, 15) is 13.2 Å². The molecule has 1 aromatic rings. The zero-order chi connectivity index (χ0) is 15.6. The minimum atomic E-state index is -6.09. The van der Waals surface area contributed by atoms with Gasteiger partial charge in [0.2, 0.25) is 3.57 Å². The van der Waals surface area contributed by atoms with Crippen LogP contribution in [0.4, 0.5) is 13.2 Å². The lowest BCUT2D eigenvalue weighted by Crippen LogP contribution is -3.59. The average Bonchev–Trinajstić information content (AvgIpc) is 2.34. The fraction of sp³-hybridized carbons (Fsp3) is 0.273. The molecule has 0 saturated heterocycles. The molecule has 20 heavy (non-hydrogen) atoms. The summed E-state index contributed by atoms with van der Waals surface area (Å²) in [5.74, 6) is 2.96. The van der Waals surface area contributed by atoms with Crippen molar-refractivity contribution in [3.8, 4) is 9.85 Å². The summed E-state index contributed by atoms with van der Waals surface area (Å²) in [4.78, 5) is 0. The quantitative estimate of drug-likeness (QED) is 0.255. The molecule has 0 atom stereocenters. The second-order valence-electron chi connectivity index (χ2n) is 2.99. The van der Waals surface area contributed by atoms with Crippen LogP contribution in [0.15, 0.2) is 30.3 Å². The average molecular weight is 422 g/mol. The van der Waals surface area contributed by atoms with Gasteiger partial charge < -0.3 is 9.29 Å². The van der Waals surface area contributed by atoms with Crippen LogP contribution in [0, 0.1) is 13.4 Å². The Morgan fingerprint density at radius 3 is 2.20 bits per heavy atom. The maximum Gasteiger partial charge on any atom is 0.485 e. The summed E-state index contributed by atoms with van der Waals surface area (Å²) >= 11 is -0.127. The second-order valence-corrected chi connectivity index (χ2v) is 6.69. The molecule has 1 rings (SSSR count). The highest BCUT2D eigenvalue weighted by Gasteiger charge is 2.36. The Hall–Kier alpha value is -0.830. The SMILES string of the molecule is COCC#C[I+]c1ccccc1.O=S(=O)([O-])C(F)(F)F. The summed E-state index contributed by atoms with van der Waals surface area (Å²) in [7, 11) is -4.43. The van der Waals surface area contributed by atoms with Crippen LogP contribution in [-0.2, 0) is 14.9 Å². The molecular weight excluding hydrogens is 412 g/mol. The van der Waals surface area contributed by atoms with Crippen molar-refractivity contribution in [2.75, 3.05) is 13.7 Å². The van der Waals surface area contributed by atoms with Crippen molar-refractivity contribution in [1.29, 1.82) is 0 Å². The fourth-order valence-corrected chi connectivity index (χ4v) is 2.10. The van der Waals surface area contributed by atoms with E-state index in [-0.39, 0.29) is 21.2 Å². The molecule has 0 saturated carbocycles. The molecule has 0 amide bonds. The Labute approximate surface area is 125 Å². The van der Waals surface area contributed by atoms with Crippen LogP contribution in [0.3, 0.4) is 0 Å². The van der Waals surface area contributed by atoms with Crippen molar-refractivity contribution in [2.24, 2.45) is 0 Å². The van der Waals surface area contributed by atoms with Crippen LogP contribution in [0.1, 0.15) is 0 Å². The lowest BCUT2D eigenvalue weighted by molar-refractivity contribution is -0.535. The summed E-state index contributed by atoms with van der Waals surface area (Å²) in [5.41, 5.74) is -5.65. The number of ether oxygens (including phenoxy) is 1. The van der Waals surface area contributed by atoms with E-state index in [0.29, 0.717) is 6.61 Å². The van der Waals surface area contributed by atoms with E-state index >= 15 is 0 Å². The van der Waals surface area contributed by atoms with Crippen molar-refractivity contribution >= 4 is 10.1 Å². The Balaban J connectivity index is 0.000000396. The molecule has 0 aliphatic rings. The summed E-state index contributed by atoms with van der Waals surface area (Å²) < 4.78 is 68.2. The molecule has 4 nitrogen and oxygen atoms in total. The first kappa shape index (κ1) is 19.2. The number of hydrogen-bond donors (Lipinski definition) is 0. The maximum atomic E-state index is 10.7. The van der Waals surface area contributed by atoms with Gasteiger partial charge in [-0.25, -0.2) is 8.42 Å². The van der Waals surface area contributed by atoms with Crippen molar-refractivity contribution in [2.45, 2.75) is 5.51 Å². The van der Waals surface area contributed by atoms with Gasteiger partial charge in [-0.05, 0) is 18.1 Å². The first-order valence-electron chi connectivity index (χ1n) is 4.86. The monoisotopic (exact) mass is 422 g/mol. The number of alkyl halides is 3. The molecule has 0 aliphatic carbocycles. The van der Waals surface area contributed by atoms with Gasteiger partial charge in [-0.3, -0.25) is 0 Å². The molecule has 0 radical (unpaired) electrons. The fourth-order valence-electron chi connectivity index (χ4n) is 0.665. The van der Waals surface area contributed by atoms with Gasteiger partial charge >= 0.3 is 26.7 Å². The van der Waals surface area contributed by atoms with E-state index in [1.165, 1.54) is 3.57 Å². The van der Waals surface area contributed by atoms with E-state index in [2.05, 4.69) is 22.0 Å². The number of halogens is 4. The van der Waals surface area contributed by atoms with E-state index in [1.807, 2.05) is 18.2 Å². The van der Waals surface area contributed by atoms with Gasteiger partial charge in [0.25, 0.3) is 0 Å². The molecule has 0 fully saturated rings. The smallest absolute Gasteiger partial charge is 0.485 e. The normalized spacial score (nSPS) is 10.8. The van der Waals surface area contributed by atoms with Crippen LogP contribution in [0.5, 0.6) is 0 Å². The Bertz CT molecular complexity index is 547. The number of rotatable bonds is 2. The van der Waals surface area contributed by atoms with Crippen molar-refractivity contribution in [1.82, 2.24) is 0 Å². The Morgan fingerprint density at radius 2 is 1.80 bits per heavy atom. The topological polar surface area (TPSA) is 66.4 Å². The van der Waals surface area contributed by atoms with Crippen molar-refractivity contribution < 1.29 is 52.1 Å². The van der Waals surface area contributed by atoms with E-state index in [1.54, 1.807) is 7.11 Å². The summed E-state index contributed by atoms with van der Waals surface area (Å²) in [6, 6.07) is 10.4. The predicted molar refractivity (Wildman–Crippen MR) is 60.5 cm³/mol. The molecule has 0 unspecified atom stereocenters. The third-order valence-electron chi connectivity index (χ3n) is 1.46. The van der Waals surface area contributed by atoms with Gasteiger partial charge in [0.15, 0.2) is 14.0 Å². The van der Waals surface area contributed by atoms with Crippen LogP contribution < -0.4 is 21.2 Å². The number of benzene rings is 1. The molecule has 0 heterocycles. The Kier molecular flexibility index (Phi) is 8.79. The molecule has 1 aromatic carbocycles. The largest absolute Gasteiger partial charge is 0.741 e. The lowest BCUT2D eigenvalue weighted by Gasteiger charge is -2.08. The molecule has 9 heteroatoms. The van der Waals surface area contributed by atoms with Gasteiger partial charge in [0, 0.05) is 7.11 Å². The molecule has 0 aliphatic heterocycles. The van der Waals surface area contributed by atoms with Gasteiger partial charge in [0.1, 0.15) is 6.61 Å². The molecule has 0 N–H and O–H groups in total. The molecule has 112 valence electrons. The highest BCUT2D eigenvalue weighted by atomic mass is 127. The summed E-state index contributed by atoms with van der Waals surface area (Å²) in [6.45, 7) is 0.548. The number of methoxy groups -OCH3 is 1.